The number of carbonyl (C=O) groups is 3. The molecule has 0 aromatic heterocycles. The maximum atomic E-state index is 13.5. The minimum atomic E-state index is -0.621. The summed E-state index contributed by atoms with van der Waals surface area (Å²) in [6.45, 7) is 4.32. The summed E-state index contributed by atoms with van der Waals surface area (Å²) in [5, 5.41) is 2.91. The van der Waals surface area contributed by atoms with Crippen LogP contribution in [0.1, 0.15) is 28.9 Å². The second-order valence-electron chi connectivity index (χ2n) is 8.51. The van der Waals surface area contributed by atoms with Crippen LogP contribution in [0.4, 0.5) is 9.18 Å². The summed E-state index contributed by atoms with van der Waals surface area (Å²) in [6, 6.07) is 14.1. The lowest BCUT2D eigenvalue weighted by molar-refractivity contribution is -0.139. The fraction of sp³-hybridized carbons (Fsp3) is 0.346. The molecule has 2 aromatic rings. The summed E-state index contributed by atoms with van der Waals surface area (Å²) >= 11 is 0. The van der Waals surface area contributed by atoms with Crippen molar-refractivity contribution < 1.29 is 23.5 Å². The average Bonchev–Trinajstić information content (AvgIpc) is 2.87. The minimum Gasteiger partial charge on any atom is -0.463 e. The van der Waals surface area contributed by atoms with Gasteiger partial charge in [-0.05, 0) is 30.7 Å². The molecule has 0 saturated carbocycles. The summed E-state index contributed by atoms with van der Waals surface area (Å²) in [4.78, 5) is 43.9. The van der Waals surface area contributed by atoms with Crippen molar-refractivity contribution in [2.24, 2.45) is 0 Å². The van der Waals surface area contributed by atoms with Gasteiger partial charge in [-0.3, -0.25) is 14.6 Å². The van der Waals surface area contributed by atoms with Crippen LogP contribution in [-0.4, -0.2) is 79.0 Å². The van der Waals surface area contributed by atoms with Crippen LogP contribution in [0.2, 0.25) is 0 Å². The summed E-state index contributed by atoms with van der Waals surface area (Å²) in [5.41, 5.74) is 2.09. The molecule has 2 aliphatic rings. The largest absolute Gasteiger partial charge is 0.463 e. The molecule has 0 radical (unpaired) electrons. The molecule has 184 valence electrons. The fourth-order valence-corrected chi connectivity index (χ4v) is 4.42. The van der Waals surface area contributed by atoms with Crippen LogP contribution in [0.3, 0.4) is 0 Å². The van der Waals surface area contributed by atoms with E-state index in [0.29, 0.717) is 49.6 Å². The Labute approximate surface area is 203 Å². The first kappa shape index (κ1) is 24.4. The normalized spacial score (nSPS) is 18.9. The Kier molecular flexibility index (Phi) is 7.45. The van der Waals surface area contributed by atoms with E-state index in [1.165, 1.54) is 23.1 Å². The fourth-order valence-electron chi connectivity index (χ4n) is 4.42. The number of piperazine rings is 1. The van der Waals surface area contributed by atoms with Crippen LogP contribution in [0.25, 0.3) is 0 Å². The lowest BCUT2D eigenvalue weighted by Crippen LogP contribution is -2.53. The molecule has 2 heterocycles. The molecule has 0 aliphatic carbocycles. The van der Waals surface area contributed by atoms with E-state index in [1.54, 1.807) is 24.9 Å². The maximum absolute atomic E-state index is 13.5. The minimum absolute atomic E-state index is 0.214. The predicted octanol–water partition coefficient (Wildman–Crippen LogP) is 2.80. The number of amides is 3. The van der Waals surface area contributed by atoms with E-state index in [1.807, 2.05) is 30.3 Å². The standard InChI is InChI=1S/C26H29FN4O4/c1-3-35-25(33)22-21(29(2)26(34)28-23(22)18-8-5-4-6-9-18)17-30-12-14-31(15-13-30)24(32)19-10-7-11-20(27)16-19/h4-11,16,23H,3,12-15,17H2,1-2H3,(H,28,34). The molecule has 2 aliphatic heterocycles. The number of hydrogen-bond donors (Lipinski definition) is 1. The molecule has 35 heavy (non-hydrogen) atoms. The molecule has 9 heteroatoms. The van der Waals surface area contributed by atoms with Gasteiger partial charge >= 0.3 is 12.0 Å². The van der Waals surface area contributed by atoms with Gasteiger partial charge in [-0.2, -0.15) is 0 Å². The zero-order chi connectivity index (χ0) is 24.9. The first-order valence-corrected chi connectivity index (χ1v) is 11.7. The average molecular weight is 481 g/mol. The van der Waals surface area contributed by atoms with Gasteiger partial charge in [0.1, 0.15) is 5.82 Å². The van der Waals surface area contributed by atoms with E-state index in [4.69, 9.17) is 4.74 Å². The Morgan fingerprint density at radius 2 is 1.77 bits per heavy atom. The van der Waals surface area contributed by atoms with Gasteiger partial charge in [0.05, 0.1) is 18.2 Å². The smallest absolute Gasteiger partial charge is 0.338 e. The molecule has 4 rings (SSSR count). The van der Waals surface area contributed by atoms with E-state index in [2.05, 4.69) is 10.2 Å². The summed E-state index contributed by atoms with van der Waals surface area (Å²) in [7, 11) is 1.63. The van der Waals surface area contributed by atoms with Crippen LogP contribution in [0.15, 0.2) is 65.9 Å². The molecule has 2 aromatic carbocycles. The molecular formula is C26H29FN4O4. The lowest BCUT2D eigenvalue weighted by Gasteiger charge is -2.39. The van der Waals surface area contributed by atoms with Crippen molar-refractivity contribution in [1.29, 1.82) is 0 Å². The van der Waals surface area contributed by atoms with Gasteiger partial charge < -0.3 is 15.0 Å². The molecule has 3 amide bonds. The summed E-state index contributed by atoms with van der Waals surface area (Å²) in [6.07, 6.45) is 0. The highest BCUT2D eigenvalue weighted by molar-refractivity contribution is 5.95. The van der Waals surface area contributed by atoms with E-state index >= 15 is 0 Å². The number of benzene rings is 2. The van der Waals surface area contributed by atoms with Crippen LogP contribution in [0.5, 0.6) is 0 Å². The molecule has 0 bridgehead atoms. The van der Waals surface area contributed by atoms with Crippen LogP contribution in [-0.2, 0) is 9.53 Å². The third kappa shape index (κ3) is 5.35. The maximum Gasteiger partial charge on any atom is 0.338 e. The van der Waals surface area contributed by atoms with Crippen molar-refractivity contribution >= 4 is 17.9 Å². The third-order valence-corrected chi connectivity index (χ3v) is 6.31. The van der Waals surface area contributed by atoms with Crippen molar-refractivity contribution in [2.75, 3.05) is 46.4 Å². The number of carbonyl (C=O) groups excluding carboxylic acids is 3. The molecule has 0 spiro atoms. The molecular weight excluding hydrogens is 451 g/mol. The van der Waals surface area contributed by atoms with Gasteiger partial charge in [0.2, 0.25) is 0 Å². The SMILES string of the molecule is CCOC(=O)C1=C(CN2CCN(C(=O)c3cccc(F)c3)CC2)N(C)C(=O)NC1c1ccccc1. The van der Waals surface area contributed by atoms with Gasteiger partial charge in [-0.25, -0.2) is 14.0 Å². The Bertz CT molecular complexity index is 1130. The van der Waals surface area contributed by atoms with Crippen LogP contribution >= 0.6 is 0 Å². The van der Waals surface area contributed by atoms with Crippen molar-refractivity contribution in [3.8, 4) is 0 Å². The van der Waals surface area contributed by atoms with Gasteiger partial charge in [0.25, 0.3) is 5.91 Å². The number of nitrogens with zero attached hydrogens (tertiary/aromatic N) is 3. The summed E-state index contributed by atoms with van der Waals surface area (Å²) in [5.74, 6) is -1.13. The first-order valence-electron chi connectivity index (χ1n) is 11.7. The Morgan fingerprint density at radius 1 is 1.06 bits per heavy atom. The van der Waals surface area contributed by atoms with Crippen molar-refractivity contribution in [2.45, 2.75) is 13.0 Å². The third-order valence-electron chi connectivity index (χ3n) is 6.31. The highest BCUT2D eigenvalue weighted by atomic mass is 19.1. The number of ether oxygens (including phenoxy) is 1. The number of esters is 1. The van der Waals surface area contributed by atoms with Crippen molar-refractivity contribution in [1.82, 2.24) is 20.0 Å². The number of urea groups is 1. The molecule has 1 atom stereocenters. The van der Waals surface area contributed by atoms with Crippen LogP contribution < -0.4 is 5.32 Å². The van der Waals surface area contributed by atoms with Gasteiger partial charge in [0.15, 0.2) is 0 Å². The first-order chi connectivity index (χ1) is 16.9. The molecule has 1 fully saturated rings. The van der Waals surface area contributed by atoms with E-state index in [0.717, 1.165) is 5.56 Å². The molecule has 8 nitrogen and oxygen atoms in total. The predicted molar refractivity (Wildman–Crippen MR) is 128 cm³/mol. The van der Waals surface area contributed by atoms with E-state index < -0.39 is 17.8 Å². The topological polar surface area (TPSA) is 82.2 Å². The molecule has 1 unspecified atom stereocenters. The molecule has 1 N–H and O–H groups in total. The van der Waals surface area contributed by atoms with Gasteiger partial charge in [-0.15, -0.1) is 0 Å². The second kappa shape index (κ2) is 10.7. The quantitative estimate of drug-likeness (QED) is 0.643. The zero-order valence-electron chi connectivity index (χ0n) is 19.9. The van der Waals surface area contributed by atoms with Gasteiger partial charge in [0, 0.05) is 51.0 Å². The van der Waals surface area contributed by atoms with Crippen LogP contribution in [0, 0.1) is 5.82 Å². The highest BCUT2D eigenvalue weighted by Crippen LogP contribution is 2.31. The van der Waals surface area contributed by atoms with Crippen molar-refractivity contribution in [3.63, 3.8) is 0 Å². The second-order valence-corrected chi connectivity index (χ2v) is 8.51. The monoisotopic (exact) mass is 480 g/mol. The lowest BCUT2D eigenvalue weighted by atomic mass is 9.94. The van der Waals surface area contributed by atoms with Crippen molar-refractivity contribution in [3.05, 3.63) is 82.8 Å². The Balaban J connectivity index is 1.55. The number of likely N-dealkylation sites (N-methyl/N-ethyl adjacent to an activating group) is 1. The van der Waals surface area contributed by atoms with Gasteiger partial charge in [-0.1, -0.05) is 36.4 Å². The Hall–Kier alpha value is -3.72. The van der Waals surface area contributed by atoms with E-state index in [-0.39, 0.29) is 18.5 Å². The molecule has 1 saturated heterocycles. The van der Waals surface area contributed by atoms with E-state index in [9.17, 15) is 18.8 Å². The Morgan fingerprint density at radius 3 is 2.43 bits per heavy atom. The number of halogens is 1. The number of nitrogens with one attached hydrogen (secondary N) is 1. The zero-order valence-corrected chi connectivity index (χ0v) is 19.9. The summed E-state index contributed by atoms with van der Waals surface area (Å²) < 4.78 is 18.9. The number of hydrogen-bond acceptors (Lipinski definition) is 5. The number of rotatable bonds is 6. The highest BCUT2D eigenvalue weighted by Gasteiger charge is 2.37.